The molecule has 0 heterocycles. The molecule has 0 saturated carbocycles. The number of carbonyl (C=O) groups excluding carboxylic acids is 2. The summed E-state index contributed by atoms with van der Waals surface area (Å²) in [5.74, 6) is -0.881. The van der Waals surface area contributed by atoms with Crippen molar-refractivity contribution in [3.05, 3.63) is 71.6 Å². The van der Waals surface area contributed by atoms with Crippen LogP contribution < -0.4 is 10.6 Å². The predicted molar refractivity (Wildman–Crippen MR) is 83.9 cm³/mol. The van der Waals surface area contributed by atoms with Crippen LogP contribution in [0.1, 0.15) is 15.9 Å². The minimum Gasteiger partial charge on any atom is -0.355 e. The Labute approximate surface area is 127 Å². The van der Waals surface area contributed by atoms with Crippen molar-refractivity contribution >= 4 is 23.6 Å². The highest BCUT2D eigenvalue weighted by atomic mass is 19.1. The molecular formula is C17H15FN2O2. The first-order valence-corrected chi connectivity index (χ1v) is 6.65. The summed E-state index contributed by atoms with van der Waals surface area (Å²) in [6.07, 6.45) is 2.85. The van der Waals surface area contributed by atoms with Crippen LogP contribution in [0.3, 0.4) is 0 Å². The van der Waals surface area contributed by atoms with Crippen LogP contribution >= 0.6 is 0 Å². The number of carbonyl (C=O) groups is 2. The number of amides is 2. The highest BCUT2D eigenvalue weighted by Crippen LogP contribution is 2.10. The third-order valence-electron chi connectivity index (χ3n) is 2.92. The Hall–Kier alpha value is -2.95. The van der Waals surface area contributed by atoms with Gasteiger partial charge in [0.05, 0.1) is 0 Å². The highest BCUT2D eigenvalue weighted by molar-refractivity contribution is 6.02. The molecule has 2 aromatic rings. The fraction of sp³-hybridized carbons (Fsp3) is 0.0588. The first-order valence-electron chi connectivity index (χ1n) is 6.65. The number of nitrogens with one attached hydrogen (secondary N) is 2. The zero-order valence-corrected chi connectivity index (χ0v) is 12.0. The van der Waals surface area contributed by atoms with Crippen LogP contribution in [0.5, 0.6) is 0 Å². The van der Waals surface area contributed by atoms with Crippen LogP contribution in [0.15, 0.2) is 54.6 Å². The molecule has 2 aromatic carbocycles. The molecule has 2 amide bonds. The van der Waals surface area contributed by atoms with Gasteiger partial charge in [-0.2, -0.15) is 0 Å². The third-order valence-corrected chi connectivity index (χ3v) is 2.92. The topological polar surface area (TPSA) is 58.2 Å². The van der Waals surface area contributed by atoms with Crippen molar-refractivity contribution in [3.8, 4) is 0 Å². The van der Waals surface area contributed by atoms with Gasteiger partial charge in [0, 0.05) is 24.4 Å². The molecule has 5 heteroatoms. The van der Waals surface area contributed by atoms with Gasteiger partial charge in [0.2, 0.25) is 5.91 Å². The van der Waals surface area contributed by atoms with Gasteiger partial charge in [-0.05, 0) is 48.0 Å². The summed E-state index contributed by atoms with van der Waals surface area (Å²) in [5, 5.41) is 5.18. The minimum absolute atomic E-state index is 0.191. The molecule has 0 saturated heterocycles. The summed E-state index contributed by atoms with van der Waals surface area (Å²) in [5.41, 5.74) is 1.68. The van der Waals surface area contributed by atoms with Gasteiger partial charge in [0.1, 0.15) is 5.82 Å². The van der Waals surface area contributed by atoms with Crippen LogP contribution in [-0.4, -0.2) is 18.9 Å². The average molecular weight is 298 g/mol. The van der Waals surface area contributed by atoms with Crippen molar-refractivity contribution in [1.29, 1.82) is 0 Å². The normalized spacial score (nSPS) is 10.5. The van der Waals surface area contributed by atoms with Gasteiger partial charge in [-0.15, -0.1) is 0 Å². The largest absolute Gasteiger partial charge is 0.355 e. The molecule has 0 aliphatic rings. The van der Waals surface area contributed by atoms with E-state index >= 15 is 0 Å². The Bertz CT molecular complexity index is 709. The molecule has 0 radical (unpaired) electrons. The molecule has 22 heavy (non-hydrogen) atoms. The lowest BCUT2D eigenvalue weighted by Crippen LogP contribution is -2.17. The van der Waals surface area contributed by atoms with Crippen LogP contribution in [-0.2, 0) is 4.79 Å². The first kappa shape index (κ1) is 15.4. The average Bonchev–Trinajstić information content (AvgIpc) is 2.53. The van der Waals surface area contributed by atoms with Crippen molar-refractivity contribution in [2.75, 3.05) is 12.4 Å². The van der Waals surface area contributed by atoms with E-state index in [4.69, 9.17) is 0 Å². The van der Waals surface area contributed by atoms with E-state index in [0.717, 1.165) is 0 Å². The number of benzene rings is 2. The van der Waals surface area contributed by atoms with Gasteiger partial charge in [-0.1, -0.05) is 12.1 Å². The first-order chi connectivity index (χ1) is 10.6. The van der Waals surface area contributed by atoms with Crippen molar-refractivity contribution in [2.24, 2.45) is 0 Å². The van der Waals surface area contributed by atoms with Gasteiger partial charge in [-0.25, -0.2) is 4.39 Å². The van der Waals surface area contributed by atoms with E-state index in [1.54, 1.807) is 43.4 Å². The van der Waals surface area contributed by atoms with Crippen molar-refractivity contribution < 1.29 is 14.0 Å². The van der Waals surface area contributed by atoms with E-state index in [0.29, 0.717) is 16.8 Å². The van der Waals surface area contributed by atoms with Crippen LogP contribution in [0.25, 0.3) is 6.08 Å². The Morgan fingerprint density at radius 3 is 2.45 bits per heavy atom. The fourth-order valence-corrected chi connectivity index (χ4v) is 1.82. The number of halogens is 1. The summed E-state index contributed by atoms with van der Waals surface area (Å²) in [7, 11) is 1.55. The van der Waals surface area contributed by atoms with Gasteiger partial charge < -0.3 is 10.6 Å². The lowest BCUT2D eigenvalue weighted by Gasteiger charge is -2.04. The second-order valence-corrected chi connectivity index (χ2v) is 4.53. The van der Waals surface area contributed by atoms with Gasteiger partial charge in [0.25, 0.3) is 5.91 Å². The summed E-state index contributed by atoms with van der Waals surface area (Å²) < 4.78 is 13.0. The molecule has 2 N–H and O–H groups in total. The quantitative estimate of drug-likeness (QED) is 0.853. The van der Waals surface area contributed by atoms with Crippen molar-refractivity contribution in [1.82, 2.24) is 5.32 Å². The van der Waals surface area contributed by atoms with E-state index in [-0.39, 0.29) is 17.6 Å². The molecule has 0 aromatic heterocycles. The number of anilines is 1. The Morgan fingerprint density at radius 2 is 1.82 bits per heavy atom. The molecule has 0 aliphatic heterocycles. The van der Waals surface area contributed by atoms with E-state index in [9.17, 15) is 14.0 Å². The van der Waals surface area contributed by atoms with Crippen molar-refractivity contribution in [3.63, 3.8) is 0 Å². The smallest absolute Gasteiger partial charge is 0.251 e. The SMILES string of the molecule is CNC(=O)c1ccc(NC(=O)/C=C/c2cccc(F)c2)cc1. The molecular weight excluding hydrogens is 283 g/mol. The summed E-state index contributed by atoms with van der Waals surface area (Å²) in [6.45, 7) is 0. The van der Waals surface area contributed by atoms with E-state index in [2.05, 4.69) is 10.6 Å². The van der Waals surface area contributed by atoms with Gasteiger partial charge >= 0.3 is 0 Å². The number of hydrogen-bond donors (Lipinski definition) is 2. The molecule has 2 rings (SSSR count). The molecule has 0 aliphatic carbocycles. The third kappa shape index (κ3) is 4.28. The lowest BCUT2D eigenvalue weighted by atomic mass is 10.2. The van der Waals surface area contributed by atoms with Crippen LogP contribution in [0.2, 0.25) is 0 Å². The maximum absolute atomic E-state index is 13.0. The number of rotatable bonds is 4. The monoisotopic (exact) mass is 298 g/mol. The molecule has 0 fully saturated rings. The molecule has 112 valence electrons. The standard InChI is InChI=1S/C17H15FN2O2/c1-19-17(22)13-6-8-15(9-7-13)20-16(21)10-5-12-3-2-4-14(18)11-12/h2-11H,1H3,(H,19,22)(H,20,21)/b10-5+. The van der Waals surface area contributed by atoms with E-state index in [1.807, 2.05) is 0 Å². The van der Waals surface area contributed by atoms with E-state index < -0.39 is 0 Å². The second-order valence-electron chi connectivity index (χ2n) is 4.53. The maximum atomic E-state index is 13.0. The predicted octanol–water partition coefficient (Wildman–Crippen LogP) is 2.84. The molecule has 4 nitrogen and oxygen atoms in total. The van der Waals surface area contributed by atoms with Crippen LogP contribution in [0, 0.1) is 5.82 Å². The summed E-state index contributed by atoms with van der Waals surface area (Å²) in [6, 6.07) is 12.5. The van der Waals surface area contributed by atoms with Crippen LogP contribution in [0.4, 0.5) is 10.1 Å². The zero-order valence-electron chi connectivity index (χ0n) is 12.0. The zero-order chi connectivity index (χ0) is 15.9. The molecule has 0 bridgehead atoms. The Balaban J connectivity index is 1.98. The summed E-state index contributed by atoms with van der Waals surface area (Å²) in [4.78, 5) is 23.2. The summed E-state index contributed by atoms with van der Waals surface area (Å²) >= 11 is 0. The lowest BCUT2D eigenvalue weighted by molar-refractivity contribution is -0.111. The molecule has 0 atom stereocenters. The molecule has 0 unspecified atom stereocenters. The fourth-order valence-electron chi connectivity index (χ4n) is 1.82. The highest BCUT2D eigenvalue weighted by Gasteiger charge is 2.03. The maximum Gasteiger partial charge on any atom is 0.251 e. The number of hydrogen-bond acceptors (Lipinski definition) is 2. The Kier molecular flexibility index (Phi) is 5.03. The van der Waals surface area contributed by atoms with Gasteiger partial charge in [0.15, 0.2) is 0 Å². The van der Waals surface area contributed by atoms with E-state index in [1.165, 1.54) is 24.3 Å². The van der Waals surface area contributed by atoms with Crippen molar-refractivity contribution in [2.45, 2.75) is 0 Å². The van der Waals surface area contributed by atoms with Gasteiger partial charge in [-0.3, -0.25) is 9.59 Å². The minimum atomic E-state index is -0.354. The molecule has 0 spiro atoms. The Morgan fingerprint density at radius 1 is 1.09 bits per heavy atom. The second kappa shape index (κ2) is 7.17.